The van der Waals surface area contributed by atoms with Gasteiger partial charge in [0, 0.05) is 17.0 Å². The van der Waals surface area contributed by atoms with Gasteiger partial charge in [-0.25, -0.2) is 0 Å². The van der Waals surface area contributed by atoms with Gasteiger partial charge >= 0.3 is 5.97 Å². The second-order valence-electron chi connectivity index (χ2n) is 7.13. The summed E-state index contributed by atoms with van der Waals surface area (Å²) in [5.41, 5.74) is 3.51. The first-order chi connectivity index (χ1) is 11.0. The van der Waals surface area contributed by atoms with Gasteiger partial charge in [0.2, 0.25) is 5.56 Å². The Morgan fingerprint density at radius 1 is 1.26 bits per heavy atom. The van der Waals surface area contributed by atoms with E-state index < -0.39 is 0 Å². The van der Waals surface area contributed by atoms with Crippen molar-refractivity contribution in [3.8, 4) is 0 Å². The summed E-state index contributed by atoms with van der Waals surface area (Å²) >= 11 is 0. The van der Waals surface area contributed by atoms with Gasteiger partial charge < -0.3 is 9.72 Å². The van der Waals surface area contributed by atoms with Crippen LogP contribution in [0.3, 0.4) is 0 Å². The van der Waals surface area contributed by atoms with Gasteiger partial charge in [-0.05, 0) is 60.3 Å². The van der Waals surface area contributed by atoms with Crippen LogP contribution >= 0.6 is 0 Å². The van der Waals surface area contributed by atoms with Crippen LogP contribution in [-0.2, 0) is 16.0 Å². The molecule has 4 heteroatoms. The number of hydrogen-bond donors (Lipinski definition) is 1. The standard InChI is InChI=1S/C19H21NO3/c1-19-10-9-11-12(14(19)5-6-15(19)18(22)23-2)3-7-16-13(11)4-8-17(21)20-16/h3-4,7-8,14-15H,5-6,9-10H2,1-2H3,(H,20,21). The van der Waals surface area contributed by atoms with Crippen molar-refractivity contribution < 1.29 is 9.53 Å². The minimum absolute atomic E-state index is 0.00285. The minimum atomic E-state index is -0.0661. The number of carbonyl (C=O) groups excluding carboxylic acids is 1. The lowest BCUT2D eigenvalue weighted by molar-refractivity contribution is -0.149. The summed E-state index contributed by atoms with van der Waals surface area (Å²) in [6, 6.07) is 7.69. The monoisotopic (exact) mass is 311 g/mol. The molecule has 0 spiro atoms. The Kier molecular flexibility index (Phi) is 3.12. The Bertz CT molecular complexity index is 853. The Balaban J connectivity index is 1.84. The number of esters is 1. The molecule has 2 aliphatic carbocycles. The van der Waals surface area contributed by atoms with Crippen molar-refractivity contribution in [3.63, 3.8) is 0 Å². The van der Waals surface area contributed by atoms with Crippen LogP contribution in [0.15, 0.2) is 29.1 Å². The summed E-state index contributed by atoms with van der Waals surface area (Å²) in [5, 5.41) is 1.14. The quantitative estimate of drug-likeness (QED) is 0.823. The summed E-state index contributed by atoms with van der Waals surface area (Å²) in [5.74, 6) is 0.326. The van der Waals surface area contributed by atoms with Crippen molar-refractivity contribution in [2.45, 2.75) is 38.5 Å². The number of H-pyrrole nitrogens is 1. The van der Waals surface area contributed by atoms with Crippen molar-refractivity contribution in [2.24, 2.45) is 11.3 Å². The second kappa shape index (κ2) is 4.95. The molecule has 0 amide bonds. The van der Waals surface area contributed by atoms with E-state index >= 15 is 0 Å². The summed E-state index contributed by atoms with van der Waals surface area (Å²) in [6.45, 7) is 2.24. The third-order valence-electron chi connectivity index (χ3n) is 6.16. The molecule has 2 aliphatic rings. The zero-order valence-electron chi connectivity index (χ0n) is 13.5. The molecule has 1 saturated carbocycles. The average Bonchev–Trinajstić information content (AvgIpc) is 2.90. The van der Waals surface area contributed by atoms with Gasteiger partial charge in [-0.2, -0.15) is 0 Å². The maximum atomic E-state index is 12.2. The van der Waals surface area contributed by atoms with Crippen molar-refractivity contribution in [1.82, 2.24) is 4.98 Å². The molecule has 4 nitrogen and oxygen atoms in total. The number of hydrogen-bond acceptors (Lipinski definition) is 3. The zero-order chi connectivity index (χ0) is 16.2. The molecule has 0 bridgehead atoms. The fraction of sp³-hybridized carbons (Fsp3) is 0.474. The van der Waals surface area contributed by atoms with E-state index in [0.29, 0.717) is 5.92 Å². The smallest absolute Gasteiger partial charge is 0.309 e. The van der Waals surface area contributed by atoms with E-state index in [1.54, 1.807) is 6.07 Å². The van der Waals surface area contributed by atoms with Crippen LogP contribution < -0.4 is 5.56 Å². The Morgan fingerprint density at radius 3 is 2.87 bits per heavy atom. The lowest BCUT2D eigenvalue weighted by Crippen LogP contribution is -2.36. The Hall–Kier alpha value is -2.10. The second-order valence-corrected chi connectivity index (χ2v) is 7.13. The molecule has 1 N–H and O–H groups in total. The summed E-state index contributed by atoms with van der Waals surface area (Å²) < 4.78 is 5.04. The topological polar surface area (TPSA) is 59.2 Å². The first kappa shape index (κ1) is 14.5. The predicted octanol–water partition coefficient (Wildman–Crippen LogP) is 3.15. The molecule has 120 valence electrons. The van der Waals surface area contributed by atoms with Gasteiger partial charge in [-0.1, -0.05) is 13.0 Å². The van der Waals surface area contributed by atoms with Crippen LogP contribution in [0.5, 0.6) is 0 Å². The molecule has 3 unspecified atom stereocenters. The van der Waals surface area contributed by atoms with Crippen LogP contribution in [0.25, 0.3) is 10.9 Å². The zero-order valence-corrected chi connectivity index (χ0v) is 13.5. The number of aromatic amines is 1. The number of carbonyl (C=O) groups is 1. The molecule has 3 atom stereocenters. The first-order valence-electron chi connectivity index (χ1n) is 8.27. The van der Waals surface area contributed by atoms with Gasteiger partial charge in [-0.3, -0.25) is 9.59 Å². The molecule has 1 heterocycles. The highest BCUT2D eigenvalue weighted by Gasteiger charge is 2.52. The Labute approximate surface area is 134 Å². The van der Waals surface area contributed by atoms with E-state index in [2.05, 4.69) is 18.0 Å². The summed E-state index contributed by atoms with van der Waals surface area (Å²) in [7, 11) is 1.49. The molecular formula is C19H21NO3. The molecule has 1 aromatic heterocycles. The highest BCUT2D eigenvalue weighted by Crippen LogP contribution is 2.59. The number of pyridine rings is 1. The van der Waals surface area contributed by atoms with Crippen molar-refractivity contribution in [1.29, 1.82) is 0 Å². The van der Waals surface area contributed by atoms with Crippen molar-refractivity contribution in [2.75, 3.05) is 7.11 Å². The highest BCUT2D eigenvalue weighted by molar-refractivity contribution is 5.84. The molecule has 4 rings (SSSR count). The third kappa shape index (κ3) is 1.97. The molecule has 1 fully saturated rings. The van der Waals surface area contributed by atoms with E-state index in [-0.39, 0.29) is 22.9 Å². The van der Waals surface area contributed by atoms with E-state index in [1.165, 1.54) is 18.2 Å². The van der Waals surface area contributed by atoms with E-state index in [4.69, 9.17) is 4.74 Å². The summed E-state index contributed by atoms with van der Waals surface area (Å²) in [4.78, 5) is 26.6. The number of benzene rings is 1. The van der Waals surface area contributed by atoms with E-state index in [1.807, 2.05) is 12.1 Å². The number of fused-ring (bicyclic) bond motifs is 5. The number of aryl methyl sites for hydroxylation is 1. The maximum absolute atomic E-state index is 12.2. The molecule has 0 radical (unpaired) electrons. The molecule has 23 heavy (non-hydrogen) atoms. The van der Waals surface area contributed by atoms with Gasteiger partial charge in [0.15, 0.2) is 0 Å². The maximum Gasteiger partial charge on any atom is 0.309 e. The normalized spacial score (nSPS) is 29.1. The molecule has 1 aromatic carbocycles. The fourth-order valence-electron chi connectivity index (χ4n) is 4.94. The largest absolute Gasteiger partial charge is 0.469 e. The third-order valence-corrected chi connectivity index (χ3v) is 6.16. The van der Waals surface area contributed by atoms with Crippen LogP contribution in [0.2, 0.25) is 0 Å². The van der Waals surface area contributed by atoms with E-state index in [0.717, 1.165) is 36.6 Å². The van der Waals surface area contributed by atoms with Crippen molar-refractivity contribution in [3.05, 3.63) is 45.7 Å². The van der Waals surface area contributed by atoms with Gasteiger partial charge in [-0.15, -0.1) is 0 Å². The first-order valence-corrected chi connectivity index (χ1v) is 8.27. The molecule has 0 aliphatic heterocycles. The summed E-state index contributed by atoms with van der Waals surface area (Å²) in [6.07, 6.45) is 3.86. The average molecular weight is 311 g/mol. The highest BCUT2D eigenvalue weighted by atomic mass is 16.5. The van der Waals surface area contributed by atoms with Gasteiger partial charge in [0.1, 0.15) is 0 Å². The van der Waals surface area contributed by atoms with Crippen molar-refractivity contribution >= 4 is 16.9 Å². The minimum Gasteiger partial charge on any atom is -0.469 e. The molecule has 0 saturated heterocycles. The molecular weight excluding hydrogens is 290 g/mol. The number of nitrogens with one attached hydrogen (secondary N) is 1. The van der Waals surface area contributed by atoms with Crippen LogP contribution in [-0.4, -0.2) is 18.1 Å². The number of aromatic nitrogens is 1. The van der Waals surface area contributed by atoms with E-state index in [9.17, 15) is 9.59 Å². The Morgan fingerprint density at radius 2 is 2.09 bits per heavy atom. The van der Waals surface area contributed by atoms with Crippen LogP contribution in [0.1, 0.15) is 43.2 Å². The van der Waals surface area contributed by atoms with Crippen LogP contribution in [0.4, 0.5) is 0 Å². The van der Waals surface area contributed by atoms with Gasteiger partial charge in [0.25, 0.3) is 0 Å². The van der Waals surface area contributed by atoms with Crippen LogP contribution in [0, 0.1) is 11.3 Å². The predicted molar refractivity (Wildman–Crippen MR) is 88.5 cm³/mol. The number of ether oxygens (including phenoxy) is 1. The fourth-order valence-corrected chi connectivity index (χ4v) is 4.94. The SMILES string of the molecule is COC(=O)C1CCC2c3ccc4[nH]c(=O)ccc4c3CCC12C. The number of rotatable bonds is 1. The lowest BCUT2D eigenvalue weighted by atomic mass is 9.63. The number of methoxy groups -OCH3 is 1. The lowest BCUT2D eigenvalue weighted by Gasteiger charge is -2.41. The van der Waals surface area contributed by atoms with Gasteiger partial charge in [0.05, 0.1) is 13.0 Å². The molecule has 2 aromatic rings.